The molecular weight excluding hydrogens is 430 g/mol. The Balaban J connectivity index is 1.29. The number of benzene rings is 2. The number of carbonyl (C=O) groups is 1. The van der Waals surface area contributed by atoms with E-state index in [4.69, 9.17) is 16.3 Å². The molecule has 3 heterocycles. The first-order valence-corrected chi connectivity index (χ1v) is 11.7. The summed E-state index contributed by atoms with van der Waals surface area (Å²) >= 11 is 7.91. The number of anilines is 1. The molecule has 1 amide bonds. The highest BCUT2D eigenvalue weighted by atomic mass is 35.5. The van der Waals surface area contributed by atoms with Gasteiger partial charge in [0, 0.05) is 28.6 Å². The minimum absolute atomic E-state index is 0.0141. The van der Waals surface area contributed by atoms with Crippen molar-refractivity contribution in [3.8, 4) is 5.75 Å². The zero-order valence-electron chi connectivity index (χ0n) is 17.3. The largest absolute Gasteiger partial charge is 0.489 e. The average Bonchev–Trinajstić information content (AvgIpc) is 3.17. The standard InChI is InChI=1S/C24H24ClN3O2S/c1-2-28-12-11-18-20(13-28)31-24-21(18)23(29)26-22(27-24)15-7-9-17(10-8-15)30-14-16-5-3-4-6-19(16)25/h3-10,22,27H,2,11-14H2,1H3,(H,26,29). The molecular formula is C24H24ClN3O2S. The second-order valence-electron chi connectivity index (χ2n) is 7.83. The van der Waals surface area contributed by atoms with E-state index < -0.39 is 0 Å². The summed E-state index contributed by atoms with van der Waals surface area (Å²) in [6, 6.07) is 15.5. The molecule has 0 fully saturated rings. The fraction of sp³-hybridized carbons (Fsp3) is 0.292. The van der Waals surface area contributed by atoms with Crippen molar-refractivity contribution in [2.24, 2.45) is 0 Å². The summed E-state index contributed by atoms with van der Waals surface area (Å²) in [4.78, 5) is 16.6. The number of likely N-dealkylation sites (N-methyl/N-ethyl adjacent to an activating group) is 1. The lowest BCUT2D eigenvalue weighted by atomic mass is 10.0. The van der Waals surface area contributed by atoms with E-state index >= 15 is 0 Å². The van der Waals surface area contributed by atoms with E-state index in [1.807, 2.05) is 48.5 Å². The van der Waals surface area contributed by atoms with E-state index in [1.165, 1.54) is 10.4 Å². The number of nitrogens with zero attached hydrogens (tertiary/aromatic N) is 1. The van der Waals surface area contributed by atoms with Crippen molar-refractivity contribution in [3.05, 3.63) is 80.7 Å². The Bertz CT molecular complexity index is 1110. The van der Waals surface area contributed by atoms with Gasteiger partial charge in [0.2, 0.25) is 0 Å². The normalized spacial score (nSPS) is 18.0. The van der Waals surface area contributed by atoms with Gasteiger partial charge < -0.3 is 15.4 Å². The van der Waals surface area contributed by atoms with Gasteiger partial charge in [-0.1, -0.05) is 48.9 Å². The highest BCUT2D eigenvalue weighted by Gasteiger charge is 2.33. The molecule has 0 aliphatic carbocycles. The molecule has 1 unspecified atom stereocenters. The third-order valence-corrected chi connectivity index (χ3v) is 7.44. The molecule has 2 N–H and O–H groups in total. The molecule has 1 aromatic heterocycles. The minimum atomic E-state index is -0.250. The van der Waals surface area contributed by atoms with Crippen LogP contribution in [0.4, 0.5) is 5.00 Å². The first-order valence-electron chi connectivity index (χ1n) is 10.5. The lowest BCUT2D eigenvalue weighted by Gasteiger charge is -2.28. The second kappa shape index (κ2) is 8.54. The second-order valence-corrected chi connectivity index (χ2v) is 9.34. The number of ether oxygens (including phenoxy) is 1. The van der Waals surface area contributed by atoms with Crippen molar-refractivity contribution >= 4 is 33.8 Å². The fourth-order valence-electron chi connectivity index (χ4n) is 4.14. The van der Waals surface area contributed by atoms with Crippen molar-refractivity contribution in [2.75, 3.05) is 18.4 Å². The van der Waals surface area contributed by atoms with Crippen LogP contribution in [0, 0.1) is 0 Å². The number of halogens is 1. The van der Waals surface area contributed by atoms with Gasteiger partial charge in [-0.25, -0.2) is 0 Å². The minimum Gasteiger partial charge on any atom is -0.489 e. The van der Waals surface area contributed by atoms with Crippen LogP contribution in [0.25, 0.3) is 0 Å². The molecule has 0 saturated heterocycles. The predicted octanol–water partition coefficient (Wildman–Crippen LogP) is 5.21. The van der Waals surface area contributed by atoms with Gasteiger partial charge in [0.15, 0.2) is 0 Å². The Kier molecular flexibility index (Phi) is 5.61. The molecule has 2 aliphatic rings. The third-order valence-electron chi connectivity index (χ3n) is 5.93. The van der Waals surface area contributed by atoms with Crippen molar-refractivity contribution in [2.45, 2.75) is 32.7 Å². The van der Waals surface area contributed by atoms with Gasteiger partial charge in [-0.2, -0.15) is 0 Å². The maximum Gasteiger partial charge on any atom is 0.256 e. The van der Waals surface area contributed by atoms with Crippen LogP contribution in [-0.4, -0.2) is 23.9 Å². The lowest BCUT2D eigenvalue weighted by molar-refractivity contribution is 0.0934. The van der Waals surface area contributed by atoms with Gasteiger partial charge in [0.25, 0.3) is 5.91 Å². The Morgan fingerprint density at radius 1 is 1.16 bits per heavy atom. The molecule has 3 aromatic rings. The molecule has 0 saturated carbocycles. The lowest BCUT2D eigenvalue weighted by Crippen LogP contribution is -2.38. The fourth-order valence-corrected chi connectivity index (χ4v) is 5.64. The topological polar surface area (TPSA) is 53.6 Å². The SMILES string of the molecule is CCN1CCc2c(sc3c2C(=O)NC(c2ccc(OCc4ccccc4Cl)cc2)N3)C1. The molecule has 31 heavy (non-hydrogen) atoms. The number of rotatable bonds is 5. The molecule has 1 atom stereocenters. The van der Waals surface area contributed by atoms with Crippen LogP contribution < -0.4 is 15.4 Å². The smallest absolute Gasteiger partial charge is 0.256 e. The van der Waals surface area contributed by atoms with E-state index in [2.05, 4.69) is 22.5 Å². The van der Waals surface area contributed by atoms with Gasteiger partial charge in [-0.15, -0.1) is 11.3 Å². The molecule has 2 aliphatic heterocycles. The first-order chi connectivity index (χ1) is 15.1. The summed E-state index contributed by atoms with van der Waals surface area (Å²) in [7, 11) is 0. The van der Waals surface area contributed by atoms with Gasteiger partial charge in [-0.05, 0) is 42.3 Å². The Hall–Kier alpha value is -2.54. The van der Waals surface area contributed by atoms with E-state index in [1.54, 1.807) is 11.3 Å². The van der Waals surface area contributed by atoms with Crippen molar-refractivity contribution in [1.29, 1.82) is 0 Å². The number of hydrogen-bond donors (Lipinski definition) is 2. The average molecular weight is 454 g/mol. The molecule has 5 nitrogen and oxygen atoms in total. The van der Waals surface area contributed by atoms with E-state index in [9.17, 15) is 4.79 Å². The van der Waals surface area contributed by atoms with Crippen LogP contribution in [0.2, 0.25) is 5.02 Å². The number of amides is 1. The molecule has 7 heteroatoms. The monoisotopic (exact) mass is 453 g/mol. The summed E-state index contributed by atoms with van der Waals surface area (Å²) in [6.45, 7) is 5.58. The Morgan fingerprint density at radius 3 is 2.74 bits per heavy atom. The number of nitrogens with one attached hydrogen (secondary N) is 2. The summed E-state index contributed by atoms with van der Waals surface area (Å²) in [6.07, 6.45) is 0.687. The van der Waals surface area contributed by atoms with Crippen LogP contribution >= 0.6 is 22.9 Å². The number of thiophene rings is 1. The van der Waals surface area contributed by atoms with Crippen molar-refractivity contribution in [1.82, 2.24) is 10.2 Å². The van der Waals surface area contributed by atoms with E-state index in [0.717, 1.165) is 53.5 Å². The highest BCUT2D eigenvalue weighted by Crippen LogP contribution is 2.40. The molecule has 160 valence electrons. The number of hydrogen-bond acceptors (Lipinski definition) is 5. The molecule has 2 aromatic carbocycles. The van der Waals surface area contributed by atoms with Gasteiger partial charge >= 0.3 is 0 Å². The molecule has 0 bridgehead atoms. The molecule has 0 radical (unpaired) electrons. The summed E-state index contributed by atoms with van der Waals surface area (Å²) in [5.41, 5.74) is 4.00. The molecule has 5 rings (SSSR count). The van der Waals surface area contributed by atoms with Gasteiger partial charge in [0.05, 0.1) is 5.56 Å². The summed E-state index contributed by atoms with van der Waals surface area (Å²) in [5, 5.41) is 8.33. The maximum absolute atomic E-state index is 12.9. The quantitative estimate of drug-likeness (QED) is 0.556. The number of carbonyl (C=O) groups excluding carboxylic acids is 1. The van der Waals surface area contributed by atoms with Crippen LogP contribution in [0.1, 0.15) is 45.0 Å². The first kappa shape index (κ1) is 20.4. The van der Waals surface area contributed by atoms with Gasteiger partial charge in [-0.3, -0.25) is 9.69 Å². The van der Waals surface area contributed by atoms with Crippen LogP contribution in [-0.2, 0) is 19.6 Å². The van der Waals surface area contributed by atoms with Crippen molar-refractivity contribution in [3.63, 3.8) is 0 Å². The van der Waals surface area contributed by atoms with Crippen LogP contribution in [0.3, 0.4) is 0 Å². The highest BCUT2D eigenvalue weighted by molar-refractivity contribution is 7.16. The Labute approximate surface area is 191 Å². The van der Waals surface area contributed by atoms with Crippen LogP contribution in [0.5, 0.6) is 5.75 Å². The zero-order chi connectivity index (χ0) is 21.4. The van der Waals surface area contributed by atoms with E-state index in [0.29, 0.717) is 11.6 Å². The van der Waals surface area contributed by atoms with E-state index in [-0.39, 0.29) is 12.1 Å². The van der Waals surface area contributed by atoms with Crippen molar-refractivity contribution < 1.29 is 9.53 Å². The number of fused-ring (bicyclic) bond motifs is 3. The zero-order valence-corrected chi connectivity index (χ0v) is 18.9. The summed E-state index contributed by atoms with van der Waals surface area (Å²) < 4.78 is 5.87. The third kappa shape index (κ3) is 4.03. The Morgan fingerprint density at radius 2 is 1.97 bits per heavy atom. The van der Waals surface area contributed by atoms with Crippen LogP contribution in [0.15, 0.2) is 48.5 Å². The van der Waals surface area contributed by atoms with Gasteiger partial charge in [0.1, 0.15) is 23.5 Å². The predicted molar refractivity (Wildman–Crippen MR) is 125 cm³/mol. The summed E-state index contributed by atoms with van der Waals surface area (Å²) in [5.74, 6) is 0.776. The molecule has 0 spiro atoms. The maximum atomic E-state index is 12.9.